The summed E-state index contributed by atoms with van der Waals surface area (Å²) < 4.78 is 52.0. The zero-order chi connectivity index (χ0) is 49.7. The second-order valence-electron chi connectivity index (χ2n) is 17.5. The molecule has 0 aromatic carbocycles. The first-order valence-electron chi connectivity index (χ1n) is 24.2. The van der Waals surface area contributed by atoms with Crippen LogP contribution < -0.4 is 0 Å². The number of esters is 2. The second-order valence-corrected chi connectivity index (χ2v) is 20.1. The number of cyclic esters (lactones) is 1. The van der Waals surface area contributed by atoms with E-state index >= 15 is 0 Å². The molecule has 0 amide bonds. The van der Waals surface area contributed by atoms with E-state index in [0.717, 1.165) is 63.5 Å². The Hall–Kier alpha value is -2.41. The summed E-state index contributed by atoms with van der Waals surface area (Å²) in [5, 5.41) is 56.4. The molecular formula is C47H80O18P2. The summed E-state index contributed by atoms with van der Waals surface area (Å²) in [6, 6.07) is 0. The van der Waals surface area contributed by atoms with Crippen LogP contribution in [0.3, 0.4) is 0 Å². The third-order valence-electron chi connectivity index (χ3n) is 11.6. The lowest BCUT2D eigenvalue weighted by atomic mass is 9.87. The maximum absolute atomic E-state index is 13.8. The number of phosphoric ester groups is 2. The van der Waals surface area contributed by atoms with Gasteiger partial charge in [0.2, 0.25) is 0 Å². The fraction of sp³-hybridized carbons (Fsp3) is 0.766. The van der Waals surface area contributed by atoms with Gasteiger partial charge in [-0.2, -0.15) is 0 Å². The van der Waals surface area contributed by atoms with E-state index in [0.29, 0.717) is 19.3 Å². The summed E-state index contributed by atoms with van der Waals surface area (Å²) in [7, 11) is -11.4. The van der Waals surface area contributed by atoms with Crippen molar-refractivity contribution in [1.82, 2.24) is 0 Å². The topological polar surface area (TPSA) is 293 Å². The van der Waals surface area contributed by atoms with Gasteiger partial charge in [-0.25, -0.2) is 9.13 Å². The molecule has 1 unspecified atom stereocenters. The SMILES string of the molecule is CCCCCCCC/C=C\CCCCCCCC(=O)OC[C@@H]1COP(=O)(O)O[C@H]2[C@H](O)[C@@H](O)[C@H](O)[C@H](/C=C\C(=O)[C@H](/C=C/[C@@H](O)CCCCC)[C@@H](O)[C@H]2OP(=O)(O)O)C/C=C\CCCC(=O)O1. The highest BCUT2D eigenvalue weighted by atomic mass is 31.2. The van der Waals surface area contributed by atoms with Gasteiger partial charge >= 0.3 is 27.6 Å². The van der Waals surface area contributed by atoms with Crippen LogP contribution in [0.1, 0.15) is 155 Å². The summed E-state index contributed by atoms with van der Waals surface area (Å²) in [4.78, 5) is 70.3. The van der Waals surface area contributed by atoms with Gasteiger partial charge in [-0.05, 0) is 63.9 Å². The number of aliphatic hydroxyl groups excluding tert-OH is 5. The molecule has 8 N–H and O–H groups in total. The largest absolute Gasteiger partial charge is 0.472 e. The van der Waals surface area contributed by atoms with Gasteiger partial charge in [0, 0.05) is 18.8 Å². The first-order valence-corrected chi connectivity index (χ1v) is 27.3. The van der Waals surface area contributed by atoms with Crippen LogP contribution in [0.25, 0.3) is 0 Å². The monoisotopic (exact) mass is 994 g/mol. The predicted molar refractivity (Wildman–Crippen MR) is 250 cm³/mol. The number of fused-ring (bicyclic) bond motifs is 4. The zero-order valence-electron chi connectivity index (χ0n) is 39.4. The number of rotatable bonds is 25. The molecule has 0 radical (unpaired) electrons. The lowest BCUT2D eigenvalue weighted by Crippen LogP contribution is -2.56. The minimum absolute atomic E-state index is 0.0531. The van der Waals surface area contributed by atoms with Crippen LogP contribution in [0.15, 0.2) is 48.6 Å². The van der Waals surface area contributed by atoms with Crippen LogP contribution in [-0.4, -0.2) is 120 Å². The van der Waals surface area contributed by atoms with Gasteiger partial charge in [-0.1, -0.05) is 127 Å². The average molecular weight is 995 g/mol. The third kappa shape index (κ3) is 26.4. The molecule has 0 saturated heterocycles. The van der Waals surface area contributed by atoms with Crippen LogP contribution >= 0.6 is 15.6 Å². The quantitative estimate of drug-likeness (QED) is 0.0200. The first-order chi connectivity index (χ1) is 31.9. The summed E-state index contributed by atoms with van der Waals surface area (Å²) in [6.07, 6.45) is 11.8. The number of ether oxygens (including phenoxy) is 2. The number of carbonyl (C=O) groups excluding carboxylic acids is 3. The van der Waals surface area contributed by atoms with Gasteiger partial charge < -0.3 is 49.7 Å². The van der Waals surface area contributed by atoms with Gasteiger partial charge in [0.05, 0.1) is 30.8 Å². The molecule has 0 fully saturated rings. The van der Waals surface area contributed by atoms with E-state index in [1.54, 1.807) is 12.2 Å². The molecule has 0 saturated carbocycles. The minimum Gasteiger partial charge on any atom is -0.462 e. The zero-order valence-corrected chi connectivity index (χ0v) is 41.2. The van der Waals surface area contributed by atoms with E-state index in [-0.39, 0.29) is 32.1 Å². The van der Waals surface area contributed by atoms with Gasteiger partial charge in [0.1, 0.15) is 31.0 Å². The summed E-state index contributed by atoms with van der Waals surface area (Å²) >= 11 is 0. The molecule has 11 atom stereocenters. The molecule has 2 bridgehead atoms. The van der Waals surface area contributed by atoms with E-state index in [1.807, 2.05) is 6.92 Å². The molecule has 20 heteroatoms. The van der Waals surface area contributed by atoms with Gasteiger partial charge in [0.25, 0.3) is 0 Å². The fourth-order valence-electron chi connectivity index (χ4n) is 7.69. The normalized spacial score (nSPS) is 30.1. The smallest absolute Gasteiger partial charge is 0.462 e. The van der Waals surface area contributed by atoms with E-state index < -0.39 is 107 Å². The molecule has 1 aliphatic heterocycles. The molecule has 0 aromatic rings. The Labute approximate surface area is 396 Å². The number of allylic oxidation sites excluding steroid dienone is 5. The van der Waals surface area contributed by atoms with Crippen LogP contribution in [0, 0.1) is 11.8 Å². The lowest BCUT2D eigenvalue weighted by Gasteiger charge is -2.38. The van der Waals surface area contributed by atoms with Crippen molar-refractivity contribution in [3.05, 3.63) is 48.6 Å². The number of unbranched alkanes of at least 4 members (excludes halogenated alkanes) is 13. The van der Waals surface area contributed by atoms with E-state index in [1.165, 1.54) is 50.7 Å². The number of ketones is 1. The average Bonchev–Trinajstić information content (AvgIpc) is 3.28. The van der Waals surface area contributed by atoms with Crippen molar-refractivity contribution in [1.29, 1.82) is 0 Å². The minimum atomic E-state index is -5.75. The number of carbonyl (C=O) groups is 3. The summed E-state index contributed by atoms with van der Waals surface area (Å²) in [6.45, 7) is 2.59. The standard InChI is InChI=1S/C47H80O18P2/c1-3-5-7-8-9-10-11-12-13-14-15-16-17-18-23-27-40(50)61-33-37-34-62-67(59,60)65-47-45(55)44(54)42(52)35(25-22-19-20-24-28-41(51)63-37)29-32-39(49)38(31-30-36(48)26-21-6-4-2)43(53)46(47)64-66(56,57)58/h12-13,19,22,29-32,35-38,42-48,52-55H,3-11,14-18,20-21,23-28,33-34H2,1-2H3,(H,59,60)(H2,56,57,58)/b13-12-,22-19-,31-30+,32-29-/t35-,36-,37+,38-,42+,43+,44-,45+,46+,47-/m0/s1. The van der Waals surface area contributed by atoms with Crippen molar-refractivity contribution in [2.75, 3.05) is 13.2 Å². The molecule has 2 aliphatic rings. The van der Waals surface area contributed by atoms with Crippen molar-refractivity contribution < 1.29 is 86.8 Å². The lowest BCUT2D eigenvalue weighted by molar-refractivity contribution is -0.163. The van der Waals surface area contributed by atoms with Crippen LogP contribution in [0.4, 0.5) is 0 Å². The van der Waals surface area contributed by atoms with Crippen LogP contribution in [-0.2, 0) is 46.6 Å². The molecule has 1 heterocycles. The van der Waals surface area contributed by atoms with Crippen molar-refractivity contribution in [2.24, 2.45) is 11.8 Å². The molecular weight excluding hydrogens is 914 g/mol. The van der Waals surface area contributed by atoms with Gasteiger partial charge in [-0.3, -0.25) is 28.0 Å². The number of hydrogen-bond donors (Lipinski definition) is 8. The van der Waals surface area contributed by atoms with E-state index in [9.17, 15) is 63.7 Å². The second kappa shape index (κ2) is 34.0. The molecule has 0 aromatic heterocycles. The van der Waals surface area contributed by atoms with Crippen LogP contribution in [0.2, 0.25) is 0 Å². The Morgan fingerprint density at radius 1 is 0.866 bits per heavy atom. The van der Waals surface area contributed by atoms with Crippen molar-refractivity contribution in [3.8, 4) is 0 Å². The third-order valence-corrected chi connectivity index (χ3v) is 13.1. The Balaban J connectivity index is 2.27. The van der Waals surface area contributed by atoms with E-state index in [4.69, 9.17) is 23.0 Å². The highest BCUT2D eigenvalue weighted by molar-refractivity contribution is 7.47. The van der Waals surface area contributed by atoms with Crippen molar-refractivity contribution >= 4 is 33.4 Å². The Kier molecular flexibility index (Phi) is 30.8. The first kappa shape index (κ1) is 60.7. The van der Waals surface area contributed by atoms with Crippen LogP contribution in [0.5, 0.6) is 0 Å². The molecule has 386 valence electrons. The van der Waals surface area contributed by atoms with Gasteiger partial charge in [-0.15, -0.1) is 0 Å². The maximum atomic E-state index is 13.8. The van der Waals surface area contributed by atoms with Crippen molar-refractivity contribution in [2.45, 2.75) is 204 Å². The van der Waals surface area contributed by atoms with Gasteiger partial charge in [0.15, 0.2) is 11.9 Å². The fourth-order valence-corrected chi connectivity index (χ4v) is 9.22. The molecule has 18 nitrogen and oxygen atoms in total. The molecule has 0 spiro atoms. The van der Waals surface area contributed by atoms with E-state index in [2.05, 4.69) is 19.1 Å². The molecule has 67 heavy (non-hydrogen) atoms. The molecule has 2 rings (SSSR count). The maximum Gasteiger partial charge on any atom is 0.472 e. The highest BCUT2D eigenvalue weighted by Gasteiger charge is 2.50. The highest BCUT2D eigenvalue weighted by Crippen LogP contribution is 2.49. The number of aliphatic hydroxyl groups is 5. The summed E-state index contributed by atoms with van der Waals surface area (Å²) in [5.41, 5.74) is 0. The van der Waals surface area contributed by atoms with Crippen molar-refractivity contribution in [3.63, 3.8) is 0 Å². The Bertz CT molecular complexity index is 1630. The number of phosphoric acid groups is 2. The molecule has 1 aliphatic carbocycles. The Morgan fingerprint density at radius 3 is 2.15 bits per heavy atom. The number of hydrogen-bond acceptors (Lipinski definition) is 15. The summed E-state index contributed by atoms with van der Waals surface area (Å²) in [5.74, 6) is -5.29. The predicted octanol–water partition coefficient (Wildman–Crippen LogP) is 6.90. The Morgan fingerprint density at radius 2 is 1.49 bits per heavy atom.